The lowest BCUT2D eigenvalue weighted by molar-refractivity contribution is -0.0911. The van der Waals surface area contributed by atoms with E-state index in [-0.39, 0.29) is 29.1 Å². The summed E-state index contributed by atoms with van der Waals surface area (Å²) in [6, 6.07) is 0. The van der Waals surface area contributed by atoms with Crippen molar-refractivity contribution in [3.63, 3.8) is 0 Å². The van der Waals surface area contributed by atoms with Crippen LogP contribution in [-0.2, 0) is 4.74 Å². The highest BCUT2D eigenvalue weighted by molar-refractivity contribution is 5.25. The van der Waals surface area contributed by atoms with Crippen LogP contribution < -0.4 is 0 Å². The van der Waals surface area contributed by atoms with Crippen molar-refractivity contribution < 1.29 is 9.84 Å². The molecule has 0 unspecified atom stereocenters. The summed E-state index contributed by atoms with van der Waals surface area (Å²) in [5, 5.41) is 9.87. The molecule has 1 saturated carbocycles. The molecule has 0 bridgehead atoms. The first-order chi connectivity index (χ1) is 7.97. The van der Waals surface area contributed by atoms with Crippen LogP contribution in [0.25, 0.3) is 0 Å². The van der Waals surface area contributed by atoms with Gasteiger partial charge >= 0.3 is 0 Å². The van der Waals surface area contributed by atoms with Gasteiger partial charge in [0, 0.05) is 10.8 Å². The van der Waals surface area contributed by atoms with Gasteiger partial charge in [-0.3, -0.25) is 0 Å². The Hall–Kier alpha value is -0.340. The zero-order valence-corrected chi connectivity index (χ0v) is 11.3. The van der Waals surface area contributed by atoms with Crippen LogP contribution in [0.3, 0.4) is 0 Å². The summed E-state index contributed by atoms with van der Waals surface area (Å²) in [6.45, 7) is 7.11. The Morgan fingerprint density at radius 3 is 2.82 bits per heavy atom. The molecule has 0 amide bonds. The van der Waals surface area contributed by atoms with Gasteiger partial charge in [-0.2, -0.15) is 0 Å². The second kappa shape index (κ2) is 3.36. The van der Waals surface area contributed by atoms with E-state index in [4.69, 9.17) is 4.74 Å². The monoisotopic (exact) mass is 236 g/mol. The van der Waals surface area contributed by atoms with Crippen molar-refractivity contribution in [2.24, 2.45) is 10.8 Å². The summed E-state index contributed by atoms with van der Waals surface area (Å²) in [5.74, 6) is 0. The number of ether oxygens (including phenoxy) is 1. The van der Waals surface area contributed by atoms with Gasteiger partial charge in [0.15, 0.2) is 0 Å². The minimum Gasteiger partial charge on any atom is -0.393 e. The zero-order chi connectivity index (χ0) is 12.3. The van der Waals surface area contributed by atoms with Gasteiger partial charge in [0.1, 0.15) is 0 Å². The van der Waals surface area contributed by atoms with Gasteiger partial charge < -0.3 is 9.84 Å². The Bertz CT molecular complexity index is 375. The molecule has 1 heterocycles. The third-order valence-electron chi connectivity index (χ3n) is 6.23. The Kier molecular flexibility index (Phi) is 2.32. The molecule has 96 valence electrons. The number of aliphatic hydroxyl groups is 1. The fourth-order valence-corrected chi connectivity index (χ4v) is 4.64. The number of rotatable bonds is 1. The summed E-state index contributed by atoms with van der Waals surface area (Å²) < 4.78 is 6.38. The molecule has 0 aromatic heterocycles. The van der Waals surface area contributed by atoms with Gasteiger partial charge in [0.25, 0.3) is 0 Å². The molecule has 0 radical (unpaired) electrons. The third-order valence-corrected chi connectivity index (χ3v) is 6.23. The lowest BCUT2D eigenvalue weighted by atomic mass is 9.55. The summed E-state index contributed by atoms with van der Waals surface area (Å²) in [5.41, 5.74) is 1.54. The molecule has 2 nitrogen and oxygen atoms in total. The highest BCUT2D eigenvalue weighted by atomic mass is 16.5. The molecule has 0 spiro atoms. The molecule has 1 aliphatic heterocycles. The van der Waals surface area contributed by atoms with Crippen LogP contribution in [0.2, 0.25) is 0 Å². The highest BCUT2D eigenvalue weighted by Gasteiger charge is 2.69. The second-order valence-electron chi connectivity index (χ2n) is 6.81. The number of allylic oxidation sites excluding steroid dienone is 1. The van der Waals surface area contributed by atoms with Crippen LogP contribution in [0, 0.1) is 10.8 Å². The third kappa shape index (κ3) is 1.18. The minimum absolute atomic E-state index is 0.149. The van der Waals surface area contributed by atoms with Crippen LogP contribution in [0.15, 0.2) is 11.6 Å². The minimum atomic E-state index is -0.270. The maximum Gasteiger partial charge on any atom is 0.0979 e. The molecule has 2 fully saturated rings. The van der Waals surface area contributed by atoms with E-state index in [1.807, 2.05) is 0 Å². The SMILES string of the molecule is CC1=C[C@@H]2O[C@]3(CO)CCC[C@]3(C)[C@@]2(C)CC1. The summed E-state index contributed by atoms with van der Waals surface area (Å²) >= 11 is 0. The van der Waals surface area contributed by atoms with Crippen LogP contribution in [0.5, 0.6) is 0 Å². The molecule has 1 N–H and O–H groups in total. The van der Waals surface area contributed by atoms with E-state index in [9.17, 15) is 5.11 Å². The predicted molar refractivity (Wildman–Crippen MR) is 67.7 cm³/mol. The van der Waals surface area contributed by atoms with E-state index in [0.717, 1.165) is 6.42 Å². The molecule has 2 heteroatoms. The smallest absolute Gasteiger partial charge is 0.0979 e. The van der Waals surface area contributed by atoms with E-state index in [2.05, 4.69) is 26.8 Å². The molecule has 3 rings (SSSR count). The first-order valence-corrected chi connectivity index (χ1v) is 6.93. The van der Waals surface area contributed by atoms with Gasteiger partial charge in [0.2, 0.25) is 0 Å². The van der Waals surface area contributed by atoms with Crippen molar-refractivity contribution in [2.75, 3.05) is 6.61 Å². The Morgan fingerprint density at radius 1 is 1.35 bits per heavy atom. The number of aliphatic hydroxyl groups excluding tert-OH is 1. The first kappa shape index (κ1) is 11.7. The largest absolute Gasteiger partial charge is 0.393 e. The standard InChI is InChI=1S/C15H24O2/c1-11-5-8-13(2)12(9-11)17-15(10-16)7-4-6-14(13,15)3/h9,12,16H,4-8,10H2,1-3H3/t12-,13-,14+,15-/m0/s1. The zero-order valence-electron chi connectivity index (χ0n) is 11.3. The number of fused-ring (bicyclic) bond motifs is 3. The first-order valence-electron chi connectivity index (χ1n) is 6.93. The molecular formula is C15H24O2. The second-order valence-corrected chi connectivity index (χ2v) is 6.81. The fourth-order valence-electron chi connectivity index (χ4n) is 4.64. The molecule has 0 aromatic rings. The van der Waals surface area contributed by atoms with E-state index < -0.39 is 0 Å². The number of hydrogen-bond acceptors (Lipinski definition) is 2. The van der Waals surface area contributed by atoms with Crippen molar-refractivity contribution in [2.45, 2.75) is 64.6 Å². The van der Waals surface area contributed by atoms with Crippen molar-refractivity contribution in [1.29, 1.82) is 0 Å². The van der Waals surface area contributed by atoms with Crippen LogP contribution >= 0.6 is 0 Å². The Morgan fingerprint density at radius 2 is 2.12 bits per heavy atom. The van der Waals surface area contributed by atoms with Crippen LogP contribution in [0.1, 0.15) is 52.9 Å². The van der Waals surface area contributed by atoms with Crippen LogP contribution in [0.4, 0.5) is 0 Å². The van der Waals surface area contributed by atoms with Gasteiger partial charge in [-0.05, 0) is 39.0 Å². The highest BCUT2D eigenvalue weighted by Crippen LogP contribution is 2.68. The average molecular weight is 236 g/mol. The molecule has 3 aliphatic rings. The van der Waals surface area contributed by atoms with Crippen molar-refractivity contribution in [3.8, 4) is 0 Å². The van der Waals surface area contributed by atoms with E-state index >= 15 is 0 Å². The summed E-state index contributed by atoms with van der Waals surface area (Å²) in [6.07, 6.45) is 8.35. The fraction of sp³-hybridized carbons (Fsp3) is 0.867. The Balaban J connectivity index is 2.09. The maximum atomic E-state index is 9.87. The average Bonchev–Trinajstić information content (AvgIpc) is 2.71. The lowest BCUT2D eigenvalue weighted by Crippen LogP contribution is -2.49. The van der Waals surface area contributed by atoms with E-state index in [0.29, 0.717) is 0 Å². The predicted octanol–water partition coefficient (Wildman–Crippen LogP) is 3.05. The van der Waals surface area contributed by atoms with Crippen molar-refractivity contribution in [1.82, 2.24) is 0 Å². The summed E-state index contributed by atoms with van der Waals surface area (Å²) in [7, 11) is 0. The maximum absolute atomic E-state index is 9.87. The van der Waals surface area contributed by atoms with Crippen molar-refractivity contribution >= 4 is 0 Å². The molecule has 2 aliphatic carbocycles. The topological polar surface area (TPSA) is 29.5 Å². The van der Waals surface area contributed by atoms with E-state index in [1.54, 1.807) is 0 Å². The molecule has 1 saturated heterocycles. The van der Waals surface area contributed by atoms with Gasteiger partial charge in [0.05, 0.1) is 18.3 Å². The van der Waals surface area contributed by atoms with Gasteiger partial charge in [-0.15, -0.1) is 0 Å². The summed E-state index contributed by atoms with van der Waals surface area (Å²) in [4.78, 5) is 0. The normalized spacial score (nSPS) is 53.2. The van der Waals surface area contributed by atoms with Crippen molar-refractivity contribution in [3.05, 3.63) is 11.6 Å². The van der Waals surface area contributed by atoms with Gasteiger partial charge in [-0.1, -0.05) is 25.5 Å². The quantitative estimate of drug-likeness (QED) is 0.709. The van der Waals surface area contributed by atoms with E-state index in [1.165, 1.54) is 31.3 Å². The molecular weight excluding hydrogens is 212 g/mol. The lowest BCUT2D eigenvalue weighted by Gasteiger charge is -2.46. The van der Waals surface area contributed by atoms with Crippen LogP contribution in [-0.4, -0.2) is 23.4 Å². The molecule has 4 atom stereocenters. The molecule has 17 heavy (non-hydrogen) atoms. The Labute approximate surface area is 104 Å². The number of hydrogen-bond donors (Lipinski definition) is 1. The van der Waals surface area contributed by atoms with Gasteiger partial charge in [-0.25, -0.2) is 0 Å². The molecule has 0 aromatic carbocycles.